The lowest BCUT2D eigenvalue weighted by molar-refractivity contribution is -0.146. The number of aromatic nitrogens is 2. The molecule has 94 valence electrons. The topological polar surface area (TPSA) is 75.3 Å². The van der Waals surface area contributed by atoms with E-state index in [2.05, 4.69) is 14.9 Å². The van der Waals surface area contributed by atoms with E-state index in [1.54, 1.807) is 12.3 Å². The summed E-state index contributed by atoms with van der Waals surface area (Å²) in [5.74, 6) is -0.516. The average Bonchev–Trinajstić information content (AvgIpc) is 2.81. The van der Waals surface area contributed by atoms with Crippen LogP contribution in [0.4, 0.5) is 0 Å². The van der Waals surface area contributed by atoms with Crippen LogP contribution in [0.2, 0.25) is 0 Å². The molecule has 0 unspecified atom stereocenters. The first-order valence-electron chi connectivity index (χ1n) is 5.50. The van der Waals surface area contributed by atoms with Crippen LogP contribution in [0.15, 0.2) is 12.3 Å². The molecule has 1 aromatic heterocycles. The van der Waals surface area contributed by atoms with E-state index in [0.29, 0.717) is 6.54 Å². The number of rotatable bonds is 6. The van der Waals surface area contributed by atoms with Crippen molar-refractivity contribution in [2.45, 2.75) is 19.8 Å². The van der Waals surface area contributed by atoms with Crippen molar-refractivity contribution in [2.75, 3.05) is 20.2 Å². The molecule has 1 aromatic rings. The molecule has 0 aliphatic rings. The monoisotopic (exact) mass is 239 g/mol. The Hall–Kier alpha value is -1.85. The first kappa shape index (κ1) is 13.2. The van der Waals surface area contributed by atoms with Crippen molar-refractivity contribution in [2.24, 2.45) is 0 Å². The van der Waals surface area contributed by atoms with Gasteiger partial charge in [0.1, 0.15) is 6.54 Å². The fraction of sp³-hybridized carbons (Fsp3) is 0.545. The largest absolute Gasteiger partial charge is 0.468 e. The normalized spacial score (nSPS) is 10.0. The second kappa shape index (κ2) is 6.67. The van der Waals surface area contributed by atoms with Gasteiger partial charge < -0.3 is 9.64 Å². The van der Waals surface area contributed by atoms with Gasteiger partial charge in [-0.05, 0) is 12.5 Å². The predicted octanol–water partition coefficient (Wildman–Crippen LogP) is 0.364. The smallest absolute Gasteiger partial charge is 0.325 e. The van der Waals surface area contributed by atoms with E-state index in [-0.39, 0.29) is 18.9 Å². The highest BCUT2D eigenvalue weighted by Crippen LogP contribution is 2.01. The van der Waals surface area contributed by atoms with Gasteiger partial charge in [0.15, 0.2) is 0 Å². The lowest BCUT2D eigenvalue weighted by Gasteiger charge is -2.20. The third-order valence-corrected chi connectivity index (χ3v) is 2.29. The second-order valence-electron chi connectivity index (χ2n) is 3.65. The molecule has 0 aromatic carbocycles. The van der Waals surface area contributed by atoms with Crippen LogP contribution in [0.25, 0.3) is 0 Å². The zero-order chi connectivity index (χ0) is 12.7. The Morgan fingerprint density at radius 2 is 2.29 bits per heavy atom. The summed E-state index contributed by atoms with van der Waals surface area (Å²) in [5, 5.41) is 6.49. The number of hydrogen-bond donors (Lipinski definition) is 1. The van der Waals surface area contributed by atoms with Crippen LogP contribution in [-0.2, 0) is 20.7 Å². The first-order chi connectivity index (χ1) is 8.17. The van der Waals surface area contributed by atoms with Gasteiger partial charge >= 0.3 is 5.97 Å². The lowest BCUT2D eigenvalue weighted by Crippen LogP contribution is -2.37. The zero-order valence-electron chi connectivity index (χ0n) is 10.1. The number of ether oxygens (including phenoxy) is 1. The highest BCUT2D eigenvalue weighted by atomic mass is 16.5. The average molecular weight is 239 g/mol. The van der Waals surface area contributed by atoms with Gasteiger partial charge in [-0.1, -0.05) is 6.92 Å². The van der Waals surface area contributed by atoms with Gasteiger partial charge in [0.05, 0.1) is 13.5 Å². The quantitative estimate of drug-likeness (QED) is 0.727. The Kier molecular flexibility index (Phi) is 5.19. The number of nitrogens with zero attached hydrogens (tertiary/aromatic N) is 2. The molecule has 1 amide bonds. The summed E-state index contributed by atoms with van der Waals surface area (Å²) < 4.78 is 4.56. The molecule has 0 aliphatic heterocycles. The molecule has 6 heteroatoms. The fourth-order valence-corrected chi connectivity index (χ4v) is 1.44. The zero-order valence-corrected chi connectivity index (χ0v) is 10.1. The summed E-state index contributed by atoms with van der Waals surface area (Å²) in [6.07, 6.45) is 2.61. The van der Waals surface area contributed by atoms with Crippen molar-refractivity contribution in [1.82, 2.24) is 15.1 Å². The Balaban J connectivity index is 2.56. The van der Waals surface area contributed by atoms with Crippen LogP contribution in [0.5, 0.6) is 0 Å². The Morgan fingerprint density at radius 3 is 2.82 bits per heavy atom. The van der Waals surface area contributed by atoms with E-state index in [4.69, 9.17) is 0 Å². The van der Waals surface area contributed by atoms with Crippen molar-refractivity contribution in [1.29, 1.82) is 0 Å². The van der Waals surface area contributed by atoms with Crippen LogP contribution < -0.4 is 0 Å². The minimum atomic E-state index is -0.406. The van der Waals surface area contributed by atoms with Gasteiger partial charge in [-0.25, -0.2) is 0 Å². The number of aromatic amines is 1. The SMILES string of the molecule is CCCN(CC(=O)OC)C(=O)Cc1ccn[nH]1. The van der Waals surface area contributed by atoms with Crippen LogP contribution in [-0.4, -0.2) is 47.2 Å². The minimum Gasteiger partial charge on any atom is -0.468 e. The third-order valence-electron chi connectivity index (χ3n) is 2.29. The highest BCUT2D eigenvalue weighted by Gasteiger charge is 2.17. The Morgan fingerprint density at radius 1 is 1.53 bits per heavy atom. The van der Waals surface area contributed by atoms with Gasteiger partial charge in [-0.15, -0.1) is 0 Å². The van der Waals surface area contributed by atoms with E-state index in [1.807, 2.05) is 6.92 Å². The van der Waals surface area contributed by atoms with Crippen LogP contribution in [0.3, 0.4) is 0 Å². The lowest BCUT2D eigenvalue weighted by atomic mass is 10.2. The molecule has 0 atom stereocenters. The molecular weight excluding hydrogens is 222 g/mol. The third kappa shape index (κ3) is 4.26. The molecule has 0 aliphatic carbocycles. The number of H-pyrrole nitrogens is 1. The molecule has 0 spiro atoms. The summed E-state index contributed by atoms with van der Waals surface area (Å²) in [6, 6.07) is 1.74. The Labute approximate surface area is 99.9 Å². The summed E-state index contributed by atoms with van der Waals surface area (Å²) >= 11 is 0. The molecule has 0 fully saturated rings. The van der Waals surface area contributed by atoms with E-state index in [0.717, 1.165) is 12.1 Å². The van der Waals surface area contributed by atoms with Gasteiger partial charge in [0.2, 0.25) is 5.91 Å². The van der Waals surface area contributed by atoms with E-state index >= 15 is 0 Å². The van der Waals surface area contributed by atoms with Crippen molar-refractivity contribution in [3.63, 3.8) is 0 Å². The number of hydrogen-bond acceptors (Lipinski definition) is 4. The predicted molar refractivity (Wildman–Crippen MR) is 61.2 cm³/mol. The van der Waals surface area contributed by atoms with Crippen molar-refractivity contribution in [3.05, 3.63) is 18.0 Å². The van der Waals surface area contributed by atoms with Gasteiger partial charge in [0.25, 0.3) is 0 Å². The van der Waals surface area contributed by atoms with Crippen molar-refractivity contribution >= 4 is 11.9 Å². The van der Waals surface area contributed by atoms with E-state index in [9.17, 15) is 9.59 Å². The maximum atomic E-state index is 11.9. The van der Waals surface area contributed by atoms with Crippen LogP contribution in [0, 0.1) is 0 Å². The summed E-state index contributed by atoms with van der Waals surface area (Å²) in [7, 11) is 1.31. The highest BCUT2D eigenvalue weighted by molar-refractivity contribution is 5.83. The molecule has 1 heterocycles. The van der Waals surface area contributed by atoms with E-state index in [1.165, 1.54) is 12.0 Å². The number of carbonyl (C=O) groups is 2. The Bertz CT molecular complexity index is 362. The molecule has 0 bridgehead atoms. The standard InChI is InChI=1S/C11H17N3O3/c1-3-6-14(8-11(16)17-2)10(15)7-9-4-5-12-13-9/h4-5H,3,6-8H2,1-2H3,(H,12,13). The number of amides is 1. The number of nitrogens with one attached hydrogen (secondary N) is 1. The number of esters is 1. The van der Waals surface area contributed by atoms with Gasteiger partial charge in [-0.2, -0.15) is 5.10 Å². The summed E-state index contributed by atoms with van der Waals surface area (Å²) in [5.41, 5.74) is 0.737. The van der Waals surface area contributed by atoms with Gasteiger partial charge in [-0.3, -0.25) is 14.7 Å². The first-order valence-corrected chi connectivity index (χ1v) is 5.50. The van der Waals surface area contributed by atoms with Crippen molar-refractivity contribution < 1.29 is 14.3 Å². The maximum Gasteiger partial charge on any atom is 0.325 e. The number of methoxy groups -OCH3 is 1. The maximum absolute atomic E-state index is 11.9. The van der Waals surface area contributed by atoms with Crippen LogP contribution in [0.1, 0.15) is 19.0 Å². The molecule has 1 N–H and O–H groups in total. The molecule has 1 rings (SSSR count). The van der Waals surface area contributed by atoms with Crippen LogP contribution >= 0.6 is 0 Å². The minimum absolute atomic E-state index is 0.00267. The molecule has 17 heavy (non-hydrogen) atoms. The molecule has 0 radical (unpaired) electrons. The molecule has 0 saturated heterocycles. The van der Waals surface area contributed by atoms with Gasteiger partial charge in [0, 0.05) is 18.4 Å². The van der Waals surface area contributed by atoms with E-state index < -0.39 is 5.97 Å². The molecular formula is C11H17N3O3. The number of carbonyl (C=O) groups excluding carboxylic acids is 2. The van der Waals surface area contributed by atoms with Crippen molar-refractivity contribution in [3.8, 4) is 0 Å². The summed E-state index contributed by atoms with van der Waals surface area (Å²) in [6.45, 7) is 2.49. The molecule has 6 nitrogen and oxygen atoms in total. The summed E-state index contributed by atoms with van der Waals surface area (Å²) in [4.78, 5) is 24.6. The fourth-order valence-electron chi connectivity index (χ4n) is 1.44. The molecule has 0 saturated carbocycles. The second-order valence-corrected chi connectivity index (χ2v) is 3.65.